The number of benzene rings is 1. The van der Waals surface area contributed by atoms with Gasteiger partial charge in [0.05, 0.1) is 11.9 Å². The highest BCUT2D eigenvalue weighted by Gasteiger charge is 2.55. The van der Waals surface area contributed by atoms with Gasteiger partial charge in [0, 0.05) is 28.3 Å². The Hall–Kier alpha value is -3.46. The van der Waals surface area contributed by atoms with Crippen LogP contribution in [0.2, 0.25) is 5.02 Å². The molecule has 0 spiro atoms. The fraction of sp³-hybridized carbons (Fsp3) is 0.348. The van der Waals surface area contributed by atoms with Crippen molar-refractivity contribution in [1.82, 2.24) is 19.6 Å². The summed E-state index contributed by atoms with van der Waals surface area (Å²) in [7, 11) is 0. The zero-order chi connectivity index (χ0) is 23.7. The number of hydrogen-bond acceptors (Lipinski definition) is 6. The first-order valence-corrected chi connectivity index (χ1v) is 10.9. The Kier molecular flexibility index (Phi) is 4.72. The smallest absolute Gasteiger partial charge is 0.361 e. The molecule has 10 heteroatoms. The highest BCUT2D eigenvalue weighted by atomic mass is 35.5. The molecule has 2 aliphatic rings. The van der Waals surface area contributed by atoms with E-state index in [-0.39, 0.29) is 23.1 Å². The normalized spacial score (nSPS) is 20.8. The Morgan fingerprint density at radius 2 is 1.97 bits per heavy atom. The maximum absolute atomic E-state index is 12.9. The number of esters is 1. The van der Waals surface area contributed by atoms with E-state index in [1.165, 1.54) is 21.5 Å². The van der Waals surface area contributed by atoms with E-state index in [0.29, 0.717) is 27.5 Å². The molecule has 1 aromatic carbocycles. The molecule has 3 aromatic rings. The second kappa shape index (κ2) is 7.28. The lowest BCUT2D eigenvalue weighted by Gasteiger charge is -2.18. The number of ether oxygens (including phenoxy) is 1. The van der Waals surface area contributed by atoms with Crippen molar-refractivity contribution in [3.63, 3.8) is 0 Å². The number of rotatable bonds is 4. The van der Waals surface area contributed by atoms with Gasteiger partial charge in [0.1, 0.15) is 11.6 Å². The summed E-state index contributed by atoms with van der Waals surface area (Å²) in [6, 6.07) is 7.52. The topological polar surface area (TPSA) is 116 Å². The summed E-state index contributed by atoms with van der Waals surface area (Å²) in [5.41, 5.74) is 1.48. The molecule has 3 heterocycles. The van der Waals surface area contributed by atoms with Crippen LogP contribution in [0.1, 0.15) is 55.3 Å². The van der Waals surface area contributed by atoms with Crippen LogP contribution in [-0.2, 0) is 9.53 Å². The third-order valence-corrected chi connectivity index (χ3v) is 6.11. The van der Waals surface area contributed by atoms with Crippen molar-refractivity contribution in [3.8, 4) is 16.8 Å². The van der Waals surface area contributed by atoms with Crippen LogP contribution >= 0.6 is 11.6 Å². The average molecular weight is 469 g/mol. The van der Waals surface area contributed by atoms with Crippen molar-refractivity contribution in [3.05, 3.63) is 63.3 Å². The summed E-state index contributed by atoms with van der Waals surface area (Å²) in [6.45, 7) is 5.29. The number of carbonyl (C=O) groups excluding carboxylic acids is 1. The van der Waals surface area contributed by atoms with Crippen molar-refractivity contribution < 1.29 is 19.4 Å². The van der Waals surface area contributed by atoms with Crippen LogP contribution in [0.5, 0.6) is 0 Å². The minimum absolute atomic E-state index is 0.0454. The molecular formula is C23H21ClN4O5. The molecule has 33 heavy (non-hydrogen) atoms. The van der Waals surface area contributed by atoms with Crippen molar-refractivity contribution in [2.45, 2.75) is 44.8 Å². The molecule has 1 fully saturated rings. The van der Waals surface area contributed by atoms with Gasteiger partial charge in [-0.25, -0.2) is 14.3 Å². The third-order valence-electron chi connectivity index (χ3n) is 5.87. The second-order valence-corrected chi connectivity index (χ2v) is 9.81. The number of fused-ring (bicyclic) bond motifs is 3. The SMILES string of the molecule is CC(C)(C)OC(=O)c1cn(-c2ccc(Cl)cc2-c2cc3n(c(=O)c2)[C@H](C(=O)O)C2C[C@@H]32)nn1. The van der Waals surface area contributed by atoms with Gasteiger partial charge in [0.25, 0.3) is 5.56 Å². The van der Waals surface area contributed by atoms with Gasteiger partial charge < -0.3 is 9.84 Å². The zero-order valence-electron chi connectivity index (χ0n) is 18.2. The highest BCUT2D eigenvalue weighted by Crippen LogP contribution is 2.59. The van der Waals surface area contributed by atoms with Crippen LogP contribution in [0.3, 0.4) is 0 Å². The maximum atomic E-state index is 12.9. The van der Waals surface area contributed by atoms with Crippen molar-refractivity contribution >= 4 is 23.5 Å². The van der Waals surface area contributed by atoms with E-state index < -0.39 is 23.6 Å². The molecule has 1 saturated carbocycles. The summed E-state index contributed by atoms with van der Waals surface area (Å²) in [5.74, 6) is -1.57. The van der Waals surface area contributed by atoms with Crippen LogP contribution in [0.4, 0.5) is 0 Å². The molecule has 170 valence electrons. The average Bonchev–Trinajstić information content (AvgIpc) is 3.19. The molecule has 1 aliphatic heterocycles. The molecule has 1 unspecified atom stereocenters. The van der Waals surface area contributed by atoms with Gasteiger partial charge in [0.2, 0.25) is 0 Å². The van der Waals surface area contributed by atoms with Gasteiger partial charge >= 0.3 is 11.9 Å². The molecular weight excluding hydrogens is 448 g/mol. The van der Waals surface area contributed by atoms with E-state index in [9.17, 15) is 19.5 Å². The first kappa shape index (κ1) is 21.4. The van der Waals surface area contributed by atoms with E-state index in [1.807, 2.05) is 6.07 Å². The van der Waals surface area contributed by atoms with E-state index >= 15 is 0 Å². The molecule has 1 N–H and O–H groups in total. The Bertz CT molecular complexity index is 1370. The minimum atomic E-state index is -0.989. The van der Waals surface area contributed by atoms with Crippen molar-refractivity contribution in [1.29, 1.82) is 0 Å². The van der Waals surface area contributed by atoms with Gasteiger partial charge in [0.15, 0.2) is 5.69 Å². The van der Waals surface area contributed by atoms with Crippen LogP contribution in [0.15, 0.2) is 41.3 Å². The van der Waals surface area contributed by atoms with Crippen LogP contribution < -0.4 is 5.56 Å². The fourth-order valence-electron chi connectivity index (χ4n) is 4.47. The van der Waals surface area contributed by atoms with Crippen molar-refractivity contribution in [2.24, 2.45) is 5.92 Å². The van der Waals surface area contributed by atoms with Crippen molar-refractivity contribution in [2.75, 3.05) is 0 Å². The van der Waals surface area contributed by atoms with Crippen LogP contribution in [-0.4, -0.2) is 42.2 Å². The summed E-state index contributed by atoms with van der Waals surface area (Å²) >= 11 is 6.26. The summed E-state index contributed by atoms with van der Waals surface area (Å²) in [4.78, 5) is 37.0. The first-order chi connectivity index (χ1) is 15.5. The molecule has 2 aromatic heterocycles. The zero-order valence-corrected chi connectivity index (χ0v) is 18.9. The van der Waals surface area contributed by atoms with E-state index in [1.54, 1.807) is 39.0 Å². The number of hydrogen-bond donors (Lipinski definition) is 1. The Balaban J connectivity index is 1.58. The maximum Gasteiger partial charge on any atom is 0.361 e. The van der Waals surface area contributed by atoms with E-state index in [4.69, 9.17) is 16.3 Å². The molecule has 9 nitrogen and oxygen atoms in total. The summed E-state index contributed by atoms with van der Waals surface area (Å²) in [5, 5.41) is 18.0. The highest BCUT2D eigenvalue weighted by molar-refractivity contribution is 6.31. The summed E-state index contributed by atoms with van der Waals surface area (Å²) < 4.78 is 8.16. The predicted octanol–water partition coefficient (Wildman–Crippen LogP) is 3.45. The number of aromatic nitrogens is 4. The standard InChI is InChI=1S/C23H21ClN4O5/c1-23(2,3)33-22(32)16-10-27(26-25-16)17-5-4-12(24)8-13(17)11-6-18-14-9-15(14)20(21(30)31)28(18)19(29)7-11/h4-8,10,14-15,20H,9H2,1-3H3,(H,30,31)/t14-,15?,20+/m1/s1. The van der Waals surface area contributed by atoms with Gasteiger partial charge in [-0.2, -0.15) is 0 Å². The Labute approximate surface area is 193 Å². The fourth-order valence-corrected chi connectivity index (χ4v) is 4.64. The van der Waals surface area contributed by atoms with Gasteiger partial charge in [-0.05, 0) is 62.9 Å². The third kappa shape index (κ3) is 3.72. The second-order valence-electron chi connectivity index (χ2n) is 9.38. The lowest BCUT2D eigenvalue weighted by atomic mass is 10.0. The quantitative estimate of drug-likeness (QED) is 0.583. The Morgan fingerprint density at radius 3 is 2.67 bits per heavy atom. The predicted molar refractivity (Wildman–Crippen MR) is 119 cm³/mol. The number of carboxylic acids is 1. The molecule has 1 aliphatic carbocycles. The molecule has 0 bridgehead atoms. The van der Waals surface area contributed by atoms with E-state index in [0.717, 1.165) is 6.42 Å². The molecule has 5 rings (SSSR count). The number of aliphatic carboxylic acids is 1. The summed E-state index contributed by atoms with van der Waals surface area (Å²) in [6.07, 6.45) is 2.21. The molecule has 0 amide bonds. The molecule has 0 radical (unpaired) electrons. The number of carbonyl (C=O) groups is 2. The number of pyridine rings is 1. The number of nitrogens with zero attached hydrogens (tertiary/aromatic N) is 4. The van der Waals surface area contributed by atoms with Gasteiger partial charge in [-0.15, -0.1) is 5.10 Å². The van der Waals surface area contributed by atoms with Crippen LogP contribution in [0, 0.1) is 5.92 Å². The monoisotopic (exact) mass is 468 g/mol. The lowest BCUT2D eigenvalue weighted by Crippen LogP contribution is -2.29. The molecule has 3 atom stereocenters. The first-order valence-electron chi connectivity index (χ1n) is 10.5. The largest absolute Gasteiger partial charge is 0.480 e. The molecule has 0 saturated heterocycles. The lowest BCUT2D eigenvalue weighted by molar-refractivity contribution is -0.141. The van der Waals surface area contributed by atoms with Crippen LogP contribution in [0.25, 0.3) is 16.8 Å². The Morgan fingerprint density at radius 1 is 1.21 bits per heavy atom. The van der Waals surface area contributed by atoms with E-state index in [2.05, 4.69) is 10.3 Å². The van der Waals surface area contributed by atoms with Gasteiger partial charge in [-0.1, -0.05) is 16.8 Å². The van der Waals surface area contributed by atoms with Gasteiger partial charge in [-0.3, -0.25) is 9.36 Å². The number of carboxylic acid groups (broad SMARTS) is 1. The number of halogens is 1. The minimum Gasteiger partial charge on any atom is -0.480 e.